The predicted molar refractivity (Wildman–Crippen MR) is 139 cm³/mol. The minimum Gasteiger partial charge on any atom is -0.507 e. The fourth-order valence-corrected chi connectivity index (χ4v) is 9.87. The van der Waals surface area contributed by atoms with Gasteiger partial charge in [0.25, 0.3) is 0 Å². The highest BCUT2D eigenvalue weighted by atomic mass is 31.1. The Bertz CT molecular complexity index is 995. The van der Waals surface area contributed by atoms with Crippen LogP contribution in [0.2, 0.25) is 0 Å². The summed E-state index contributed by atoms with van der Waals surface area (Å²) in [5.74, 6) is 0.346. The highest BCUT2D eigenvalue weighted by Gasteiger charge is 2.33. The molecule has 0 amide bonds. The molecule has 0 radical (unpaired) electrons. The second kappa shape index (κ2) is 10.2. The smallest absolute Gasteiger partial charge is 0.123 e. The van der Waals surface area contributed by atoms with Gasteiger partial charge in [-0.2, -0.15) is 0 Å². The lowest BCUT2D eigenvalue weighted by molar-refractivity contribution is 0.477. The molecule has 0 saturated heterocycles. The summed E-state index contributed by atoms with van der Waals surface area (Å²) in [7, 11) is -0.133. The molecular formula is C30H35OP. The van der Waals surface area contributed by atoms with Crippen LogP contribution < -0.4 is 5.30 Å². The zero-order chi connectivity index (χ0) is 21.8. The van der Waals surface area contributed by atoms with Gasteiger partial charge in [0.15, 0.2) is 0 Å². The summed E-state index contributed by atoms with van der Waals surface area (Å²) < 4.78 is 0. The van der Waals surface area contributed by atoms with Gasteiger partial charge in [0.2, 0.25) is 0 Å². The van der Waals surface area contributed by atoms with Gasteiger partial charge < -0.3 is 5.11 Å². The van der Waals surface area contributed by atoms with Crippen LogP contribution in [0.4, 0.5) is 0 Å². The number of para-hydroxylation sites is 1. The first-order valence-electron chi connectivity index (χ1n) is 12.6. The topological polar surface area (TPSA) is 20.2 Å². The second-order valence-corrected chi connectivity index (χ2v) is 12.4. The number of aromatic hydroxyl groups is 1. The van der Waals surface area contributed by atoms with Gasteiger partial charge >= 0.3 is 0 Å². The largest absolute Gasteiger partial charge is 0.507 e. The van der Waals surface area contributed by atoms with Crippen molar-refractivity contribution in [1.29, 1.82) is 0 Å². The van der Waals surface area contributed by atoms with E-state index >= 15 is 0 Å². The van der Waals surface area contributed by atoms with Crippen molar-refractivity contribution in [3.8, 4) is 28.0 Å². The molecule has 2 aliphatic rings. The predicted octanol–water partition coefficient (Wildman–Crippen LogP) is 8.50. The van der Waals surface area contributed by atoms with E-state index in [9.17, 15) is 5.11 Å². The van der Waals surface area contributed by atoms with Crippen molar-refractivity contribution >= 4 is 13.2 Å². The fraction of sp³-hybridized carbons (Fsp3) is 0.400. The first-order valence-corrected chi connectivity index (χ1v) is 14.1. The quantitative estimate of drug-likeness (QED) is 0.393. The summed E-state index contributed by atoms with van der Waals surface area (Å²) in [5, 5.41) is 11.9. The zero-order valence-corrected chi connectivity index (χ0v) is 19.9. The number of hydrogen-bond acceptors (Lipinski definition) is 1. The maximum atomic E-state index is 10.3. The minimum absolute atomic E-state index is 0.133. The van der Waals surface area contributed by atoms with Gasteiger partial charge in [-0.05, 0) is 65.1 Å². The molecule has 32 heavy (non-hydrogen) atoms. The molecule has 0 spiro atoms. The highest BCUT2D eigenvalue weighted by molar-refractivity contribution is 7.67. The van der Waals surface area contributed by atoms with Crippen molar-refractivity contribution in [3.05, 3.63) is 72.8 Å². The van der Waals surface area contributed by atoms with Gasteiger partial charge in [-0.1, -0.05) is 113 Å². The fourth-order valence-electron chi connectivity index (χ4n) is 5.90. The van der Waals surface area contributed by atoms with E-state index in [1.54, 1.807) is 11.4 Å². The van der Waals surface area contributed by atoms with Crippen LogP contribution in [0.15, 0.2) is 72.8 Å². The molecule has 3 aromatic carbocycles. The van der Waals surface area contributed by atoms with Crippen molar-refractivity contribution in [2.45, 2.75) is 75.5 Å². The van der Waals surface area contributed by atoms with E-state index in [0.717, 1.165) is 22.4 Å². The van der Waals surface area contributed by atoms with Crippen molar-refractivity contribution < 1.29 is 5.11 Å². The molecule has 3 aromatic rings. The van der Waals surface area contributed by atoms with E-state index in [4.69, 9.17) is 0 Å². The van der Waals surface area contributed by atoms with Crippen LogP contribution in [0.25, 0.3) is 22.3 Å². The third-order valence-corrected chi connectivity index (χ3v) is 11.1. The molecule has 2 saturated carbocycles. The summed E-state index contributed by atoms with van der Waals surface area (Å²) in [6.45, 7) is 0. The number of phenolic OH excluding ortho intramolecular Hbond substituents is 1. The lowest BCUT2D eigenvalue weighted by atomic mass is 9.99. The molecule has 5 rings (SSSR count). The van der Waals surface area contributed by atoms with Crippen molar-refractivity contribution in [3.63, 3.8) is 0 Å². The maximum absolute atomic E-state index is 10.3. The molecule has 166 valence electrons. The Morgan fingerprint density at radius 3 is 1.56 bits per heavy atom. The van der Waals surface area contributed by atoms with Crippen LogP contribution in [0.5, 0.6) is 5.75 Å². The van der Waals surface area contributed by atoms with Crippen LogP contribution >= 0.6 is 7.92 Å². The molecule has 0 heterocycles. The van der Waals surface area contributed by atoms with E-state index in [1.165, 1.54) is 75.3 Å². The van der Waals surface area contributed by atoms with E-state index in [-0.39, 0.29) is 7.92 Å². The SMILES string of the molecule is Oc1ccccc1-c1ccc(-c2ccccc2P(C2CCCCC2)C2CCCCC2)cc1. The van der Waals surface area contributed by atoms with Crippen molar-refractivity contribution in [2.24, 2.45) is 0 Å². The van der Waals surface area contributed by atoms with Crippen molar-refractivity contribution in [2.75, 3.05) is 0 Å². The lowest BCUT2D eigenvalue weighted by Gasteiger charge is -2.39. The Hall–Kier alpha value is -2.11. The Balaban J connectivity index is 1.51. The Labute approximate surface area is 194 Å². The second-order valence-electron chi connectivity index (χ2n) is 9.60. The summed E-state index contributed by atoms with van der Waals surface area (Å²) >= 11 is 0. The number of phenols is 1. The normalized spacial score (nSPS) is 18.2. The molecule has 2 heteroatoms. The number of benzene rings is 3. The van der Waals surface area contributed by atoms with Gasteiger partial charge in [-0.25, -0.2) is 0 Å². The first kappa shape index (κ1) is 21.7. The third kappa shape index (κ3) is 4.65. The monoisotopic (exact) mass is 442 g/mol. The molecule has 1 nitrogen and oxygen atoms in total. The highest BCUT2D eigenvalue weighted by Crippen LogP contribution is 2.56. The molecule has 0 unspecified atom stereocenters. The van der Waals surface area contributed by atoms with Gasteiger partial charge in [-0.3, -0.25) is 0 Å². The van der Waals surface area contributed by atoms with Crippen LogP contribution in [-0.4, -0.2) is 16.4 Å². The standard InChI is InChI=1S/C30H35OP/c31-29-17-9-7-15-27(29)23-19-21-24(22-20-23)28-16-8-10-18-30(28)32(25-11-3-1-4-12-25)26-13-5-2-6-14-26/h7-10,15-22,25-26,31H,1-6,11-14H2. The molecule has 0 bridgehead atoms. The molecule has 0 aromatic heterocycles. The van der Waals surface area contributed by atoms with Gasteiger partial charge in [0.05, 0.1) is 0 Å². The van der Waals surface area contributed by atoms with Crippen LogP contribution in [0.3, 0.4) is 0 Å². The molecule has 1 N–H and O–H groups in total. The average molecular weight is 443 g/mol. The number of rotatable bonds is 5. The molecule has 2 aliphatic carbocycles. The van der Waals surface area contributed by atoms with E-state index < -0.39 is 0 Å². The Kier molecular flexibility index (Phi) is 6.94. The molecule has 0 atom stereocenters. The zero-order valence-electron chi connectivity index (χ0n) is 19.0. The summed E-state index contributed by atoms with van der Waals surface area (Å²) in [5.41, 5.74) is 6.55. The van der Waals surface area contributed by atoms with Crippen LogP contribution in [-0.2, 0) is 0 Å². The summed E-state index contributed by atoms with van der Waals surface area (Å²) in [6.07, 6.45) is 14.3. The van der Waals surface area contributed by atoms with E-state index in [1.807, 2.05) is 18.2 Å². The average Bonchev–Trinajstić information content (AvgIpc) is 2.86. The van der Waals surface area contributed by atoms with E-state index in [0.29, 0.717) is 5.75 Å². The van der Waals surface area contributed by atoms with Crippen LogP contribution in [0, 0.1) is 0 Å². The van der Waals surface area contributed by atoms with Gasteiger partial charge in [0, 0.05) is 5.56 Å². The Morgan fingerprint density at radius 1 is 0.531 bits per heavy atom. The molecule has 0 aliphatic heterocycles. The van der Waals surface area contributed by atoms with Crippen LogP contribution in [0.1, 0.15) is 64.2 Å². The molecular weight excluding hydrogens is 407 g/mol. The van der Waals surface area contributed by atoms with Gasteiger partial charge in [-0.15, -0.1) is 0 Å². The Morgan fingerprint density at radius 2 is 1.00 bits per heavy atom. The summed E-state index contributed by atoms with van der Waals surface area (Å²) in [4.78, 5) is 0. The van der Waals surface area contributed by atoms with Gasteiger partial charge in [0.1, 0.15) is 5.75 Å². The summed E-state index contributed by atoms with van der Waals surface area (Å²) in [6, 6.07) is 25.8. The maximum Gasteiger partial charge on any atom is 0.123 e. The number of hydrogen-bond donors (Lipinski definition) is 1. The van der Waals surface area contributed by atoms with E-state index in [2.05, 4.69) is 48.5 Å². The first-order chi connectivity index (χ1) is 15.8. The third-order valence-electron chi connectivity index (χ3n) is 7.53. The minimum atomic E-state index is -0.133. The lowest BCUT2D eigenvalue weighted by Crippen LogP contribution is -2.27. The molecule has 2 fully saturated rings. The van der Waals surface area contributed by atoms with Crippen molar-refractivity contribution in [1.82, 2.24) is 0 Å².